The van der Waals surface area contributed by atoms with Gasteiger partial charge in [0.25, 0.3) is 0 Å². The predicted octanol–water partition coefficient (Wildman–Crippen LogP) is 12.8. The molecule has 7 rings (SSSR count). The molecule has 2 aromatic rings. The minimum atomic E-state index is 0.00979. The maximum atomic E-state index is 12.9. The van der Waals surface area contributed by atoms with Gasteiger partial charge in [-0.05, 0) is 140 Å². The highest BCUT2D eigenvalue weighted by atomic mass is 16.6. The number of esters is 1. The van der Waals surface area contributed by atoms with Crippen molar-refractivity contribution in [3.05, 3.63) is 60.2 Å². The number of hydrogen-bond acceptors (Lipinski definition) is 5. The highest BCUT2D eigenvalue weighted by Crippen LogP contribution is 2.67. The second-order valence-electron chi connectivity index (χ2n) is 19.3. The van der Waals surface area contributed by atoms with Gasteiger partial charge in [-0.25, -0.2) is 0 Å². The third kappa shape index (κ3) is 9.85. The van der Waals surface area contributed by atoms with Gasteiger partial charge >= 0.3 is 5.97 Å². The average molecular weight is 753 g/mol. The smallest absolute Gasteiger partial charge is 0.306 e. The molecular weight excluding hydrogens is 681 g/mol. The van der Waals surface area contributed by atoms with Gasteiger partial charge in [-0.15, -0.1) is 0 Å². The topological polar surface area (TPSA) is 57.3 Å². The van der Waals surface area contributed by atoms with E-state index in [1.54, 1.807) is 5.57 Å². The largest absolute Gasteiger partial charge is 0.494 e. The molecule has 1 saturated heterocycles. The van der Waals surface area contributed by atoms with Gasteiger partial charge in [-0.2, -0.15) is 0 Å². The van der Waals surface area contributed by atoms with Crippen molar-refractivity contribution in [1.29, 1.82) is 0 Å². The number of unbranched alkanes of at least 4 members (excludes halogenated alkanes) is 4. The van der Waals surface area contributed by atoms with Crippen molar-refractivity contribution >= 4 is 5.97 Å². The SMILES string of the molecule is CC(C)CCC[C@@H](C)[C@H]1CC[C@H]2[C@@H]3CC=C4C[C@@H](OC(=O)CCCCCCCOc5ccc(-c6ccc(OCC7CO7)cc6)cc5)CC[C@]4(C)[C@H]3CC[C@]12C. The van der Waals surface area contributed by atoms with Gasteiger partial charge in [-0.1, -0.05) is 109 Å². The number of carbonyl (C=O) groups is 1. The third-order valence-corrected chi connectivity index (χ3v) is 15.2. The van der Waals surface area contributed by atoms with Gasteiger partial charge in [-0.3, -0.25) is 4.79 Å². The molecule has 0 bridgehead atoms. The molecule has 4 fully saturated rings. The normalized spacial score (nSPS) is 31.5. The summed E-state index contributed by atoms with van der Waals surface area (Å²) in [6.07, 6.45) is 23.1. The van der Waals surface area contributed by atoms with E-state index in [-0.39, 0.29) is 18.2 Å². The van der Waals surface area contributed by atoms with E-state index in [0.717, 1.165) is 110 Å². The molecule has 55 heavy (non-hydrogen) atoms. The average Bonchev–Trinajstić information content (AvgIpc) is 3.94. The number of ether oxygens (including phenoxy) is 4. The molecule has 1 aliphatic heterocycles. The first-order valence-corrected chi connectivity index (χ1v) is 22.6. The molecule has 1 unspecified atom stereocenters. The summed E-state index contributed by atoms with van der Waals surface area (Å²) in [6, 6.07) is 16.5. The van der Waals surface area contributed by atoms with Crippen LogP contribution in [0.25, 0.3) is 11.1 Å². The van der Waals surface area contributed by atoms with Crippen molar-refractivity contribution < 1.29 is 23.7 Å². The van der Waals surface area contributed by atoms with Crippen LogP contribution in [0, 0.1) is 46.3 Å². The van der Waals surface area contributed by atoms with E-state index in [1.165, 1.54) is 57.8 Å². The predicted molar refractivity (Wildman–Crippen MR) is 223 cm³/mol. The minimum Gasteiger partial charge on any atom is -0.494 e. The monoisotopic (exact) mass is 753 g/mol. The quantitative estimate of drug-likeness (QED) is 0.0619. The van der Waals surface area contributed by atoms with E-state index in [1.807, 2.05) is 12.1 Å². The molecule has 1 heterocycles. The van der Waals surface area contributed by atoms with Crippen molar-refractivity contribution in [1.82, 2.24) is 0 Å². The van der Waals surface area contributed by atoms with Crippen LogP contribution in [0.5, 0.6) is 11.5 Å². The van der Waals surface area contributed by atoms with Gasteiger partial charge in [0, 0.05) is 12.8 Å². The lowest BCUT2D eigenvalue weighted by atomic mass is 9.47. The Morgan fingerprint density at radius 1 is 0.782 bits per heavy atom. The van der Waals surface area contributed by atoms with Gasteiger partial charge in [0.2, 0.25) is 0 Å². The van der Waals surface area contributed by atoms with Crippen molar-refractivity contribution in [2.75, 3.05) is 19.8 Å². The second kappa shape index (κ2) is 18.2. The van der Waals surface area contributed by atoms with Crippen LogP contribution in [-0.4, -0.2) is 38.0 Å². The Balaban J connectivity index is 0.767. The Hall–Kier alpha value is -2.79. The standard InChI is InChI=1S/C50H72O5/c1-35(2)12-11-13-36(3)45-25-26-46-44-24-19-39-32-42(27-29-49(39,4)47(44)28-30-50(45,46)5)55-48(51)14-9-7-6-8-10-31-52-40-20-15-37(16-21-40)38-17-22-41(23-18-38)53-33-43-34-54-43/h15-23,35-36,42-47H,6-14,24-34H2,1-5H3/t36-,42+,43?,44+,45-,46+,47+,49+,50-/m1/s1. The third-order valence-electron chi connectivity index (χ3n) is 15.2. The fourth-order valence-electron chi connectivity index (χ4n) is 11.9. The molecule has 302 valence electrons. The lowest BCUT2D eigenvalue weighted by Gasteiger charge is -2.58. The molecular formula is C50H72O5. The number of epoxide rings is 1. The number of fused-ring (bicyclic) bond motifs is 5. The van der Waals surface area contributed by atoms with Crippen molar-refractivity contribution in [3.8, 4) is 22.6 Å². The summed E-state index contributed by atoms with van der Waals surface area (Å²) in [7, 11) is 0. The van der Waals surface area contributed by atoms with Crippen LogP contribution in [-0.2, 0) is 14.3 Å². The summed E-state index contributed by atoms with van der Waals surface area (Å²) >= 11 is 0. The van der Waals surface area contributed by atoms with Crippen LogP contribution < -0.4 is 9.47 Å². The molecule has 2 aromatic carbocycles. The molecule has 9 atom stereocenters. The number of rotatable bonds is 19. The molecule has 0 amide bonds. The van der Waals surface area contributed by atoms with Gasteiger partial charge in [0.1, 0.15) is 30.3 Å². The Labute approximate surface area is 333 Å². The molecule has 0 aromatic heterocycles. The summed E-state index contributed by atoms with van der Waals surface area (Å²) in [5.74, 6) is 6.94. The Morgan fingerprint density at radius 2 is 1.47 bits per heavy atom. The van der Waals surface area contributed by atoms with Gasteiger partial charge in [0.05, 0.1) is 13.2 Å². The van der Waals surface area contributed by atoms with Crippen LogP contribution >= 0.6 is 0 Å². The van der Waals surface area contributed by atoms with E-state index >= 15 is 0 Å². The minimum absolute atomic E-state index is 0.00979. The summed E-state index contributed by atoms with van der Waals surface area (Å²) < 4.78 is 23.1. The van der Waals surface area contributed by atoms with E-state index < -0.39 is 0 Å². The first-order chi connectivity index (χ1) is 26.6. The zero-order chi connectivity index (χ0) is 38.4. The summed E-state index contributed by atoms with van der Waals surface area (Å²) in [4.78, 5) is 12.9. The Bertz CT molecular complexity index is 1560. The van der Waals surface area contributed by atoms with Crippen LogP contribution in [0.15, 0.2) is 60.2 Å². The molecule has 0 N–H and O–H groups in total. The van der Waals surface area contributed by atoms with E-state index in [0.29, 0.717) is 30.5 Å². The molecule has 5 heteroatoms. The first kappa shape index (κ1) is 40.4. The highest BCUT2D eigenvalue weighted by molar-refractivity contribution is 5.69. The number of carbonyl (C=O) groups excluding carboxylic acids is 1. The maximum absolute atomic E-state index is 12.9. The summed E-state index contributed by atoms with van der Waals surface area (Å²) in [5, 5.41) is 0. The lowest BCUT2D eigenvalue weighted by Crippen LogP contribution is -2.51. The number of hydrogen-bond donors (Lipinski definition) is 0. The maximum Gasteiger partial charge on any atom is 0.306 e. The van der Waals surface area contributed by atoms with Crippen LogP contribution in [0.4, 0.5) is 0 Å². The van der Waals surface area contributed by atoms with E-state index in [4.69, 9.17) is 18.9 Å². The highest BCUT2D eigenvalue weighted by Gasteiger charge is 2.59. The van der Waals surface area contributed by atoms with E-state index in [9.17, 15) is 4.79 Å². The van der Waals surface area contributed by atoms with Crippen molar-refractivity contribution in [2.45, 2.75) is 156 Å². The number of benzene rings is 2. The second-order valence-corrected chi connectivity index (χ2v) is 19.3. The van der Waals surface area contributed by atoms with Crippen LogP contribution in [0.3, 0.4) is 0 Å². The fourth-order valence-corrected chi connectivity index (χ4v) is 11.9. The van der Waals surface area contributed by atoms with Crippen molar-refractivity contribution in [3.63, 3.8) is 0 Å². The molecule has 0 radical (unpaired) electrons. The Kier molecular flexibility index (Phi) is 13.4. The van der Waals surface area contributed by atoms with Crippen molar-refractivity contribution in [2.24, 2.45) is 46.3 Å². The first-order valence-electron chi connectivity index (χ1n) is 22.6. The Morgan fingerprint density at radius 3 is 2.18 bits per heavy atom. The molecule has 4 aliphatic carbocycles. The zero-order valence-corrected chi connectivity index (χ0v) is 35.0. The summed E-state index contributed by atoms with van der Waals surface area (Å²) in [6.45, 7) is 14.8. The number of allylic oxidation sites excluding steroid dienone is 1. The van der Waals surface area contributed by atoms with Crippen LogP contribution in [0.2, 0.25) is 0 Å². The molecule has 0 spiro atoms. The fraction of sp³-hybridized carbons (Fsp3) is 0.700. The van der Waals surface area contributed by atoms with Gasteiger partial charge < -0.3 is 18.9 Å². The zero-order valence-electron chi connectivity index (χ0n) is 35.0. The molecule has 5 nitrogen and oxygen atoms in total. The summed E-state index contributed by atoms with van der Waals surface area (Å²) in [5.41, 5.74) is 4.77. The molecule has 3 saturated carbocycles. The van der Waals surface area contributed by atoms with E-state index in [2.05, 4.69) is 77.1 Å². The van der Waals surface area contributed by atoms with Gasteiger partial charge in [0.15, 0.2) is 0 Å². The molecule has 5 aliphatic rings. The lowest BCUT2D eigenvalue weighted by molar-refractivity contribution is -0.151. The van der Waals surface area contributed by atoms with Crippen LogP contribution in [0.1, 0.15) is 144 Å².